The number of hydrogen-bond donors (Lipinski definition) is 0. The molecule has 0 unspecified atom stereocenters. The standard InChI is InChI=1S/C17H14Cl2FO/c1-2-3-5-11-6-4-7-15(20)16(11)17(21)13-9-8-12(18)10-14(13)19/h4,7-10H,2-3,5H2,1H3. The highest BCUT2D eigenvalue weighted by Crippen LogP contribution is 2.26. The molecule has 0 saturated heterocycles. The first kappa shape index (κ1) is 16.0. The van der Waals surface area contributed by atoms with E-state index in [2.05, 4.69) is 6.07 Å². The largest absolute Gasteiger partial charge is 0.288 e. The van der Waals surface area contributed by atoms with Crippen LogP contribution in [0.1, 0.15) is 41.3 Å². The Morgan fingerprint density at radius 3 is 2.71 bits per heavy atom. The highest BCUT2D eigenvalue weighted by Gasteiger charge is 2.20. The molecule has 2 aromatic carbocycles. The third kappa shape index (κ3) is 3.63. The minimum atomic E-state index is -0.545. The van der Waals surface area contributed by atoms with Gasteiger partial charge >= 0.3 is 0 Å². The molecular formula is C17H14Cl2FO. The topological polar surface area (TPSA) is 17.1 Å². The van der Waals surface area contributed by atoms with E-state index in [1.165, 1.54) is 24.3 Å². The predicted molar refractivity (Wildman–Crippen MR) is 83.7 cm³/mol. The maximum absolute atomic E-state index is 14.1. The lowest BCUT2D eigenvalue weighted by atomic mass is 9.95. The van der Waals surface area contributed by atoms with Crippen LogP contribution in [0, 0.1) is 11.9 Å². The number of carbonyl (C=O) groups is 1. The Hall–Kier alpha value is -1.38. The molecule has 0 atom stereocenters. The Balaban J connectivity index is 2.47. The van der Waals surface area contributed by atoms with Gasteiger partial charge in [-0.3, -0.25) is 4.79 Å². The van der Waals surface area contributed by atoms with E-state index in [9.17, 15) is 9.18 Å². The number of rotatable bonds is 5. The van der Waals surface area contributed by atoms with Crippen LogP contribution in [-0.4, -0.2) is 5.78 Å². The van der Waals surface area contributed by atoms with Gasteiger partial charge in [0.05, 0.1) is 10.6 Å². The van der Waals surface area contributed by atoms with Crippen LogP contribution >= 0.6 is 23.2 Å². The van der Waals surface area contributed by atoms with Gasteiger partial charge in [0.1, 0.15) is 5.82 Å². The minimum Gasteiger partial charge on any atom is -0.288 e. The van der Waals surface area contributed by atoms with Crippen molar-refractivity contribution in [3.63, 3.8) is 0 Å². The number of halogens is 3. The smallest absolute Gasteiger partial charge is 0.197 e. The first-order chi connectivity index (χ1) is 10.0. The average molecular weight is 324 g/mol. The van der Waals surface area contributed by atoms with Gasteiger partial charge in [0.25, 0.3) is 0 Å². The van der Waals surface area contributed by atoms with Gasteiger partial charge in [0.2, 0.25) is 0 Å². The minimum absolute atomic E-state index is 0.0511. The molecule has 4 heteroatoms. The van der Waals surface area contributed by atoms with Crippen LogP contribution in [0.25, 0.3) is 0 Å². The van der Waals surface area contributed by atoms with Crippen molar-refractivity contribution >= 4 is 29.0 Å². The van der Waals surface area contributed by atoms with Crippen molar-refractivity contribution in [1.29, 1.82) is 0 Å². The SMILES string of the molecule is CCCCc1[c]ccc(F)c1C(=O)c1ccc(Cl)cc1Cl. The summed E-state index contributed by atoms with van der Waals surface area (Å²) in [5.41, 5.74) is 0.889. The van der Waals surface area contributed by atoms with Crippen LogP contribution in [0.2, 0.25) is 10.0 Å². The Kier molecular flexibility index (Phi) is 5.38. The zero-order chi connectivity index (χ0) is 15.4. The summed E-state index contributed by atoms with van der Waals surface area (Å²) in [6.07, 6.45) is 2.44. The number of unbranched alkanes of at least 4 members (excludes halogenated alkanes) is 1. The summed E-state index contributed by atoms with van der Waals surface area (Å²) >= 11 is 11.9. The number of ketones is 1. The summed E-state index contributed by atoms with van der Waals surface area (Å²) in [5.74, 6) is -0.979. The van der Waals surface area contributed by atoms with Crippen LogP contribution < -0.4 is 0 Å². The third-order valence-corrected chi connectivity index (χ3v) is 3.76. The zero-order valence-corrected chi connectivity index (χ0v) is 13.1. The molecule has 0 aromatic heterocycles. The molecule has 2 aromatic rings. The molecule has 0 aliphatic rings. The van der Waals surface area contributed by atoms with E-state index in [1.807, 2.05) is 6.92 Å². The van der Waals surface area contributed by atoms with Gasteiger partial charge < -0.3 is 0 Å². The average Bonchev–Trinajstić information content (AvgIpc) is 2.44. The molecule has 0 N–H and O–H groups in total. The van der Waals surface area contributed by atoms with E-state index in [-0.39, 0.29) is 16.1 Å². The zero-order valence-electron chi connectivity index (χ0n) is 11.6. The molecule has 1 nitrogen and oxygen atoms in total. The van der Waals surface area contributed by atoms with Gasteiger partial charge in [-0.05, 0) is 48.7 Å². The van der Waals surface area contributed by atoms with Gasteiger partial charge in [-0.2, -0.15) is 0 Å². The van der Waals surface area contributed by atoms with E-state index in [0.717, 1.165) is 12.8 Å². The van der Waals surface area contributed by atoms with Crippen LogP contribution in [0.15, 0.2) is 30.3 Å². The molecular weight excluding hydrogens is 310 g/mol. The monoisotopic (exact) mass is 323 g/mol. The molecule has 0 aliphatic carbocycles. The highest BCUT2D eigenvalue weighted by atomic mass is 35.5. The fourth-order valence-electron chi connectivity index (χ4n) is 2.12. The van der Waals surface area contributed by atoms with E-state index in [4.69, 9.17) is 23.2 Å². The summed E-state index contributed by atoms with van der Waals surface area (Å²) in [7, 11) is 0. The third-order valence-electron chi connectivity index (χ3n) is 3.21. The molecule has 2 rings (SSSR count). The van der Waals surface area contributed by atoms with Crippen LogP contribution in [0.3, 0.4) is 0 Å². The second kappa shape index (κ2) is 7.06. The van der Waals surface area contributed by atoms with E-state index >= 15 is 0 Å². The van der Waals surface area contributed by atoms with Crippen molar-refractivity contribution in [3.05, 3.63) is 69.0 Å². The lowest BCUT2D eigenvalue weighted by Crippen LogP contribution is -2.09. The first-order valence-corrected chi connectivity index (χ1v) is 7.49. The van der Waals surface area contributed by atoms with E-state index < -0.39 is 11.6 Å². The summed E-state index contributed by atoms with van der Waals surface area (Å²) in [4.78, 5) is 12.6. The Morgan fingerprint density at radius 2 is 2.05 bits per heavy atom. The Morgan fingerprint density at radius 1 is 1.29 bits per heavy atom. The second-order valence-corrected chi connectivity index (χ2v) is 5.58. The predicted octanol–water partition coefficient (Wildman–Crippen LogP) is 5.51. The number of carbonyl (C=O) groups excluding carboxylic acids is 1. The fraction of sp³-hybridized carbons (Fsp3) is 0.235. The van der Waals surface area contributed by atoms with Crippen LogP contribution in [0.4, 0.5) is 4.39 Å². The molecule has 0 amide bonds. The molecule has 0 bridgehead atoms. The molecule has 0 spiro atoms. The maximum atomic E-state index is 14.1. The van der Waals surface area contributed by atoms with Crippen molar-refractivity contribution in [2.24, 2.45) is 0 Å². The quantitative estimate of drug-likeness (QED) is 0.663. The van der Waals surface area contributed by atoms with E-state index in [1.54, 1.807) is 6.07 Å². The van der Waals surface area contributed by atoms with Gasteiger partial charge in [-0.15, -0.1) is 0 Å². The lowest BCUT2D eigenvalue weighted by molar-refractivity contribution is 0.103. The molecule has 1 radical (unpaired) electrons. The van der Waals surface area contributed by atoms with Gasteiger partial charge in [0, 0.05) is 10.6 Å². The number of aryl methyl sites for hydroxylation is 1. The molecule has 0 aliphatic heterocycles. The maximum Gasteiger partial charge on any atom is 0.197 e. The number of hydrogen-bond acceptors (Lipinski definition) is 1. The normalized spacial score (nSPS) is 10.7. The van der Waals surface area contributed by atoms with Crippen molar-refractivity contribution in [2.45, 2.75) is 26.2 Å². The van der Waals surface area contributed by atoms with E-state index in [0.29, 0.717) is 17.0 Å². The molecule has 0 fully saturated rings. The van der Waals surface area contributed by atoms with Gasteiger partial charge in [-0.25, -0.2) is 4.39 Å². The van der Waals surface area contributed by atoms with Crippen molar-refractivity contribution in [3.8, 4) is 0 Å². The summed E-state index contributed by atoms with van der Waals surface area (Å²) in [5, 5.41) is 0.653. The van der Waals surface area contributed by atoms with Crippen molar-refractivity contribution < 1.29 is 9.18 Å². The fourth-order valence-corrected chi connectivity index (χ4v) is 2.61. The second-order valence-electron chi connectivity index (χ2n) is 4.74. The lowest BCUT2D eigenvalue weighted by Gasteiger charge is -2.10. The van der Waals surface area contributed by atoms with Gasteiger partial charge in [-0.1, -0.05) is 42.6 Å². The summed E-state index contributed by atoms with van der Waals surface area (Å²) in [6, 6.07) is 10.3. The van der Waals surface area contributed by atoms with Crippen molar-refractivity contribution in [2.75, 3.05) is 0 Å². The number of benzene rings is 2. The first-order valence-electron chi connectivity index (χ1n) is 6.73. The highest BCUT2D eigenvalue weighted by molar-refractivity contribution is 6.37. The molecule has 109 valence electrons. The van der Waals surface area contributed by atoms with Crippen LogP contribution in [-0.2, 0) is 6.42 Å². The Bertz CT molecular complexity index is 668. The van der Waals surface area contributed by atoms with Crippen molar-refractivity contribution in [1.82, 2.24) is 0 Å². The molecule has 21 heavy (non-hydrogen) atoms. The van der Waals surface area contributed by atoms with Crippen LogP contribution in [0.5, 0.6) is 0 Å². The summed E-state index contributed by atoms with van der Waals surface area (Å²) in [6.45, 7) is 2.04. The Labute approximate surface area is 133 Å². The molecule has 0 heterocycles. The van der Waals surface area contributed by atoms with Gasteiger partial charge in [0.15, 0.2) is 5.78 Å². The molecule has 0 saturated carbocycles. The summed E-state index contributed by atoms with van der Waals surface area (Å²) < 4.78 is 14.1.